The predicted molar refractivity (Wildman–Crippen MR) is 76.3 cm³/mol. The minimum absolute atomic E-state index is 0.0337. The molecule has 3 N–H and O–H groups in total. The highest BCUT2D eigenvalue weighted by Gasteiger charge is 2.11. The molecule has 2 aromatic rings. The van der Waals surface area contributed by atoms with Crippen LogP contribution in [0.5, 0.6) is 0 Å². The molecule has 0 bridgehead atoms. The average molecular weight is 330 g/mol. The van der Waals surface area contributed by atoms with Gasteiger partial charge in [-0.2, -0.15) is 0 Å². The van der Waals surface area contributed by atoms with Crippen LogP contribution in [0.1, 0.15) is 15.5 Å². The number of urea groups is 1. The number of rotatable bonds is 4. The first-order chi connectivity index (χ1) is 9.97. The van der Waals surface area contributed by atoms with Crippen LogP contribution in [-0.2, 0) is 6.54 Å². The van der Waals surface area contributed by atoms with Crippen molar-refractivity contribution < 1.29 is 19.1 Å². The number of carboxylic acid groups (broad SMARTS) is 1. The summed E-state index contributed by atoms with van der Waals surface area (Å²) in [6, 6.07) is 3.58. The smallest absolute Gasteiger partial charge is 0.355 e. The van der Waals surface area contributed by atoms with Crippen LogP contribution < -0.4 is 10.6 Å². The summed E-state index contributed by atoms with van der Waals surface area (Å²) in [5.41, 5.74) is -0.136. The molecule has 0 aliphatic rings. The fraction of sp³-hybridized carbons (Fsp3) is 0.0833. The van der Waals surface area contributed by atoms with E-state index in [4.69, 9.17) is 16.7 Å². The van der Waals surface area contributed by atoms with E-state index in [-0.39, 0.29) is 22.9 Å². The molecule has 21 heavy (non-hydrogen) atoms. The van der Waals surface area contributed by atoms with Crippen molar-refractivity contribution in [3.63, 3.8) is 0 Å². The van der Waals surface area contributed by atoms with Gasteiger partial charge >= 0.3 is 12.0 Å². The number of anilines is 1. The van der Waals surface area contributed by atoms with Gasteiger partial charge in [0.05, 0.1) is 17.3 Å². The van der Waals surface area contributed by atoms with Gasteiger partial charge in [0.15, 0.2) is 11.5 Å². The van der Waals surface area contributed by atoms with Crippen molar-refractivity contribution in [3.8, 4) is 0 Å². The van der Waals surface area contributed by atoms with Gasteiger partial charge in [-0.25, -0.2) is 19.0 Å². The lowest BCUT2D eigenvalue weighted by Crippen LogP contribution is -2.28. The van der Waals surface area contributed by atoms with Crippen molar-refractivity contribution >= 4 is 40.6 Å². The number of aromatic nitrogens is 1. The maximum atomic E-state index is 13.6. The third-order valence-electron chi connectivity index (χ3n) is 2.37. The first-order valence-electron chi connectivity index (χ1n) is 5.64. The van der Waals surface area contributed by atoms with Crippen LogP contribution in [0.2, 0.25) is 5.02 Å². The second-order valence-electron chi connectivity index (χ2n) is 3.84. The Hall–Kier alpha value is -2.19. The van der Waals surface area contributed by atoms with E-state index in [9.17, 15) is 14.0 Å². The second kappa shape index (κ2) is 6.51. The van der Waals surface area contributed by atoms with Crippen molar-refractivity contribution in [3.05, 3.63) is 45.1 Å². The largest absolute Gasteiger partial charge is 0.476 e. The third-order valence-corrected chi connectivity index (χ3v) is 3.51. The molecule has 0 fully saturated rings. The van der Waals surface area contributed by atoms with Crippen LogP contribution in [0.25, 0.3) is 0 Å². The molecule has 0 saturated carbocycles. The highest BCUT2D eigenvalue weighted by atomic mass is 35.5. The first-order valence-corrected chi connectivity index (χ1v) is 6.89. The van der Waals surface area contributed by atoms with Crippen LogP contribution in [0.3, 0.4) is 0 Å². The van der Waals surface area contributed by atoms with E-state index in [1.807, 2.05) is 0 Å². The lowest BCUT2D eigenvalue weighted by atomic mass is 10.3. The summed E-state index contributed by atoms with van der Waals surface area (Å²) in [5.74, 6) is -1.86. The van der Waals surface area contributed by atoms with Gasteiger partial charge in [-0.05, 0) is 12.1 Å². The van der Waals surface area contributed by atoms with E-state index in [2.05, 4.69) is 15.6 Å². The Morgan fingerprint density at radius 2 is 2.19 bits per heavy atom. The normalized spacial score (nSPS) is 10.2. The first kappa shape index (κ1) is 15.2. The minimum atomic E-state index is -1.14. The van der Waals surface area contributed by atoms with Gasteiger partial charge in [-0.3, -0.25) is 0 Å². The lowest BCUT2D eigenvalue weighted by molar-refractivity contribution is 0.0691. The Kier molecular flexibility index (Phi) is 4.71. The number of nitrogens with zero attached hydrogens (tertiary/aromatic N) is 1. The van der Waals surface area contributed by atoms with Crippen molar-refractivity contribution in [2.75, 3.05) is 5.32 Å². The second-order valence-corrected chi connectivity index (χ2v) is 5.19. The van der Waals surface area contributed by atoms with Gasteiger partial charge in [-0.15, -0.1) is 11.3 Å². The number of amides is 2. The Balaban J connectivity index is 1.92. The molecule has 2 rings (SSSR count). The maximum absolute atomic E-state index is 13.6. The molecule has 9 heteroatoms. The van der Waals surface area contributed by atoms with Crippen LogP contribution in [0.4, 0.5) is 14.9 Å². The quantitative estimate of drug-likeness (QED) is 0.804. The molecule has 0 radical (unpaired) electrons. The van der Waals surface area contributed by atoms with E-state index >= 15 is 0 Å². The number of hydrogen-bond acceptors (Lipinski definition) is 4. The monoisotopic (exact) mass is 329 g/mol. The lowest BCUT2D eigenvalue weighted by Gasteiger charge is -2.07. The Morgan fingerprint density at radius 3 is 2.86 bits per heavy atom. The van der Waals surface area contributed by atoms with Crippen LogP contribution >= 0.6 is 22.9 Å². The zero-order valence-corrected chi connectivity index (χ0v) is 12.0. The topological polar surface area (TPSA) is 91.3 Å². The highest BCUT2D eigenvalue weighted by molar-refractivity contribution is 7.09. The Bertz CT molecular complexity index is 692. The number of aromatic carboxylic acids is 1. The van der Waals surface area contributed by atoms with Crippen molar-refractivity contribution in [1.29, 1.82) is 0 Å². The van der Waals surface area contributed by atoms with E-state index in [0.717, 1.165) is 11.3 Å². The number of halogens is 2. The van der Waals surface area contributed by atoms with Crippen LogP contribution in [-0.4, -0.2) is 22.1 Å². The summed E-state index contributed by atoms with van der Waals surface area (Å²) >= 11 is 6.69. The summed E-state index contributed by atoms with van der Waals surface area (Å²) in [7, 11) is 0. The van der Waals surface area contributed by atoms with Gasteiger partial charge in [0, 0.05) is 5.38 Å². The summed E-state index contributed by atoms with van der Waals surface area (Å²) in [6.07, 6.45) is 0. The third kappa shape index (κ3) is 3.89. The SMILES string of the molecule is O=C(NCc1nc(C(=O)O)cs1)Nc1cccc(Cl)c1F. The summed E-state index contributed by atoms with van der Waals surface area (Å²) in [5, 5.41) is 15.2. The molecule has 0 spiro atoms. The van der Waals surface area contributed by atoms with Crippen LogP contribution in [0.15, 0.2) is 23.6 Å². The Labute approximate surface area is 127 Å². The van der Waals surface area contributed by atoms with Crippen molar-refractivity contribution in [2.45, 2.75) is 6.54 Å². The molecule has 110 valence electrons. The Morgan fingerprint density at radius 1 is 1.43 bits per heavy atom. The molecule has 6 nitrogen and oxygen atoms in total. The number of hydrogen-bond donors (Lipinski definition) is 3. The van der Waals surface area contributed by atoms with E-state index in [1.165, 1.54) is 23.6 Å². The summed E-state index contributed by atoms with van der Waals surface area (Å²) in [6.45, 7) is 0.0337. The van der Waals surface area contributed by atoms with Crippen LogP contribution in [0, 0.1) is 5.82 Å². The van der Waals surface area contributed by atoms with Crippen molar-refractivity contribution in [2.24, 2.45) is 0 Å². The molecule has 0 atom stereocenters. The van der Waals surface area contributed by atoms with Gasteiger partial charge in [-0.1, -0.05) is 17.7 Å². The number of nitrogens with one attached hydrogen (secondary N) is 2. The number of thiazole rings is 1. The van der Waals surface area contributed by atoms with E-state index < -0.39 is 17.8 Å². The van der Waals surface area contributed by atoms with Crippen molar-refractivity contribution in [1.82, 2.24) is 10.3 Å². The molecule has 1 heterocycles. The highest BCUT2D eigenvalue weighted by Crippen LogP contribution is 2.21. The molecule has 0 unspecified atom stereocenters. The summed E-state index contributed by atoms with van der Waals surface area (Å²) in [4.78, 5) is 26.1. The molecular formula is C12H9ClFN3O3S. The average Bonchev–Trinajstić information content (AvgIpc) is 2.91. The van der Waals surface area contributed by atoms with E-state index in [1.54, 1.807) is 0 Å². The number of carbonyl (C=O) groups is 2. The molecule has 1 aromatic carbocycles. The van der Waals surface area contributed by atoms with Gasteiger partial charge in [0.25, 0.3) is 0 Å². The minimum Gasteiger partial charge on any atom is -0.476 e. The predicted octanol–water partition coefficient (Wildman–Crippen LogP) is 2.96. The van der Waals surface area contributed by atoms with E-state index in [0.29, 0.717) is 5.01 Å². The molecule has 0 saturated heterocycles. The zero-order valence-electron chi connectivity index (χ0n) is 10.4. The fourth-order valence-electron chi connectivity index (χ4n) is 1.41. The van der Waals surface area contributed by atoms with Gasteiger partial charge in [0.2, 0.25) is 0 Å². The maximum Gasteiger partial charge on any atom is 0.355 e. The number of benzene rings is 1. The molecular weight excluding hydrogens is 321 g/mol. The summed E-state index contributed by atoms with van der Waals surface area (Å²) < 4.78 is 13.6. The number of carbonyl (C=O) groups excluding carboxylic acids is 1. The number of carboxylic acids is 1. The standard InChI is InChI=1S/C12H9ClFN3O3S/c13-6-2-1-3-7(10(6)14)17-12(20)15-4-9-16-8(5-21-9)11(18)19/h1-3,5H,4H2,(H,18,19)(H2,15,17,20). The molecule has 0 aliphatic heterocycles. The van der Waals surface area contributed by atoms with Gasteiger partial charge < -0.3 is 15.7 Å². The molecule has 0 aliphatic carbocycles. The molecule has 1 aromatic heterocycles. The molecule has 2 amide bonds. The van der Waals surface area contributed by atoms with Gasteiger partial charge in [0.1, 0.15) is 5.01 Å². The fourth-order valence-corrected chi connectivity index (χ4v) is 2.30. The zero-order chi connectivity index (χ0) is 15.4.